The molecule has 3 rings (SSSR count). The van der Waals surface area contributed by atoms with Gasteiger partial charge in [0.2, 0.25) is 5.91 Å². The number of nitrogens with zero attached hydrogens (tertiary/aromatic N) is 1. The third-order valence-electron chi connectivity index (χ3n) is 4.74. The third-order valence-corrected chi connectivity index (χ3v) is 4.99. The highest BCUT2D eigenvalue weighted by Crippen LogP contribution is 2.24. The second-order valence-electron chi connectivity index (χ2n) is 6.88. The van der Waals surface area contributed by atoms with Crippen LogP contribution in [0.1, 0.15) is 25.5 Å². The number of carbonyl (C=O) groups is 2. The Morgan fingerprint density at radius 2 is 2.04 bits per heavy atom. The summed E-state index contributed by atoms with van der Waals surface area (Å²) in [6.45, 7) is 4.15. The lowest BCUT2D eigenvalue weighted by Crippen LogP contribution is -2.44. The number of nitrogens with one attached hydrogen (secondary N) is 1. The monoisotopic (exact) mass is 404 g/mol. The van der Waals surface area contributed by atoms with E-state index in [4.69, 9.17) is 20.8 Å². The van der Waals surface area contributed by atoms with Crippen LogP contribution in [-0.2, 0) is 20.9 Å². The van der Waals surface area contributed by atoms with Crippen LogP contribution < -0.4 is 5.32 Å². The fourth-order valence-corrected chi connectivity index (χ4v) is 3.46. The highest BCUT2D eigenvalue weighted by molar-refractivity contribution is 6.30. The zero-order valence-corrected chi connectivity index (χ0v) is 16.7. The molecule has 150 valence electrons. The lowest BCUT2D eigenvalue weighted by molar-refractivity contribution is -0.150. The maximum atomic E-state index is 12.3. The third kappa shape index (κ3) is 5.59. The largest absolute Gasteiger partial charge is 0.466 e. The van der Waals surface area contributed by atoms with Gasteiger partial charge in [-0.05, 0) is 62.7 Å². The van der Waals surface area contributed by atoms with E-state index in [2.05, 4.69) is 5.32 Å². The standard InChI is InChI=1S/C21H25ClN2O4/c1-2-27-21(26)16-4-3-11-24(13-16)14-20(25)23-12-18-9-10-19(28-18)15-5-7-17(22)8-6-15/h5-10,16H,2-4,11-14H2,1H3,(H,23,25). The normalized spacial score (nSPS) is 17.3. The van der Waals surface area contributed by atoms with Crippen molar-refractivity contribution in [3.8, 4) is 11.3 Å². The van der Waals surface area contributed by atoms with Gasteiger partial charge in [0.1, 0.15) is 11.5 Å². The smallest absolute Gasteiger partial charge is 0.310 e. The van der Waals surface area contributed by atoms with Crippen molar-refractivity contribution >= 4 is 23.5 Å². The van der Waals surface area contributed by atoms with E-state index in [1.165, 1.54) is 0 Å². The first-order valence-corrected chi connectivity index (χ1v) is 9.93. The van der Waals surface area contributed by atoms with Gasteiger partial charge in [-0.2, -0.15) is 0 Å². The van der Waals surface area contributed by atoms with Crippen LogP contribution in [-0.4, -0.2) is 43.0 Å². The van der Waals surface area contributed by atoms with Gasteiger partial charge in [0.15, 0.2) is 0 Å². The molecule has 2 heterocycles. The lowest BCUT2D eigenvalue weighted by atomic mass is 9.98. The molecule has 1 fully saturated rings. The molecule has 0 radical (unpaired) electrons. The Morgan fingerprint density at radius 1 is 1.25 bits per heavy atom. The number of ether oxygens (including phenoxy) is 1. The molecule has 1 atom stereocenters. The summed E-state index contributed by atoms with van der Waals surface area (Å²) in [6.07, 6.45) is 1.70. The quantitative estimate of drug-likeness (QED) is 0.715. The highest BCUT2D eigenvalue weighted by atomic mass is 35.5. The number of piperidine rings is 1. The summed E-state index contributed by atoms with van der Waals surface area (Å²) in [6, 6.07) is 11.1. The Kier molecular flexibility index (Phi) is 7.12. The Balaban J connectivity index is 1.47. The SMILES string of the molecule is CCOC(=O)C1CCCN(CC(=O)NCc2ccc(-c3ccc(Cl)cc3)o2)C1. The molecule has 7 heteroatoms. The van der Waals surface area contributed by atoms with E-state index in [0.29, 0.717) is 30.5 Å². The number of halogens is 1. The van der Waals surface area contributed by atoms with Gasteiger partial charge in [-0.25, -0.2) is 0 Å². The Morgan fingerprint density at radius 3 is 2.79 bits per heavy atom. The average Bonchev–Trinajstić information content (AvgIpc) is 3.16. The summed E-state index contributed by atoms with van der Waals surface area (Å²) in [7, 11) is 0. The molecule has 0 saturated carbocycles. The number of likely N-dealkylation sites (tertiary alicyclic amines) is 1. The molecule has 1 aliphatic heterocycles. The van der Waals surface area contributed by atoms with Crippen LogP contribution in [0.15, 0.2) is 40.8 Å². The summed E-state index contributed by atoms with van der Waals surface area (Å²) < 4.78 is 10.9. The molecule has 1 unspecified atom stereocenters. The predicted molar refractivity (Wildman–Crippen MR) is 107 cm³/mol. The van der Waals surface area contributed by atoms with Crippen LogP contribution >= 0.6 is 11.6 Å². The maximum Gasteiger partial charge on any atom is 0.310 e. The number of esters is 1. The van der Waals surface area contributed by atoms with Crippen LogP contribution in [0, 0.1) is 5.92 Å². The van der Waals surface area contributed by atoms with Crippen molar-refractivity contribution in [3.05, 3.63) is 47.2 Å². The molecular weight excluding hydrogens is 380 g/mol. The Bertz CT molecular complexity index is 803. The molecule has 0 spiro atoms. The van der Waals surface area contributed by atoms with E-state index < -0.39 is 0 Å². The minimum atomic E-state index is -0.169. The molecule has 2 aromatic rings. The summed E-state index contributed by atoms with van der Waals surface area (Å²) in [5.41, 5.74) is 0.931. The number of carbonyl (C=O) groups excluding carboxylic acids is 2. The zero-order chi connectivity index (χ0) is 19.9. The van der Waals surface area contributed by atoms with Crippen molar-refractivity contribution in [2.45, 2.75) is 26.3 Å². The second kappa shape index (κ2) is 9.75. The van der Waals surface area contributed by atoms with Gasteiger partial charge in [0.05, 0.1) is 25.6 Å². The van der Waals surface area contributed by atoms with Crippen LogP contribution in [0.4, 0.5) is 0 Å². The first kappa shape index (κ1) is 20.4. The molecule has 6 nitrogen and oxygen atoms in total. The minimum Gasteiger partial charge on any atom is -0.466 e. The molecule has 1 amide bonds. The van der Waals surface area contributed by atoms with Gasteiger partial charge in [0.25, 0.3) is 0 Å². The number of amides is 1. The zero-order valence-electron chi connectivity index (χ0n) is 15.9. The van der Waals surface area contributed by atoms with Gasteiger partial charge in [-0.15, -0.1) is 0 Å². The molecule has 1 N–H and O–H groups in total. The number of furan rings is 1. The summed E-state index contributed by atoms with van der Waals surface area (Å²) in [4.78, 5) is 26.2. The molecule has 0 bridgehead atoms. The first-order chi connectivity index (χ1) is 13.5. The van der Waals surface area contributed by atoms with Crippen molar-refractivity contribution in [1.82, 2.24) is 10.2 Å². The summed E-state index contributed by atoms with van der Waals surface area (Å²) in [5.74, 6) is 1.01. The Hall–Kier alpha value is -2.31. The maximum absolute atomic E-state index is 12.3. The molecule has 1 saturated heterocycles. The van der Waals surface area contributed by atoms with Gasteiger partial charge >= 0.3 is 5.97 Å². The van der Waals surface area contributed by atoms with Crippen molar-refractivity contribution < 1.29 is 18.7 Å². The van der Waals surface area contributed by atoms with Gasteiger partial charge in [0, 0.05) is 17.1 Å². The number of benzene rings is 1. The lowest BCUT2D eigenvalue weighted by Gasteiger charge is -2.30. The van der Waals surface area contributed by atoms with E-state index in [-0.39, 0.29) is 24.3 Å². The van der Waals surface area contributed by atoms with Crippen molar-refractivity contribution in [3.63, 3.8) is 0 Å². The molecule has 0 aliphatic carbocycles. The summed E-state index contributed by atoms with van der Waals surface area (Å²) >= 11 is 5.90. The highest BCUT2D eigenvalue weighted by Gasteiger charge is 2.27. The van der Waals surface area contributed by atoms with Crippen LogP contribution in [0.2, 0.25) is 5.02 Å². The fraction of sp³-hybridized carbons (Fsp3) is 0.429. The van der Waals surface area contributed by atoms with E-state index >= 15 is 0 Å². The number of hydrogen-bond donors (Lipinski definition) is 1. The van der Waals surface area contributed by atoms with E-state index in [0.717, 1.165) is 30.7 Å². The number of rotatable bonds is 7. The van der Waals surface area contributed by atoms with Crippen LogP contribution in [0.5, 0.6) is 0 Å². The Labute approximate surface area is 169 Å². The minimum absolute atomic E-state index is 0.0889. The fourth-order valence-electron chi connectivity index (χ4n) is 3.34. The van der Waals surface area contributed by atoms with Crippen LogP contribution in [0.25, 0.3) is 11.3 Å². The average molecular weight is 405 g/mol. The van der Waals surface area contributed by atoms with Crippen molar-refractivity contribution in [1.29, 1.82) is 0 Å². The molecule has 1 aliphatic rings. The van der Waals surface area contributed by atoms with E-state index in [1.807, 2.05) is 41.3 Å². The number of hydrogen-bond acceptors (Lipinski definition) is 5. The molecule has 1 aromatic heterocycles. The van der Waals surface area contributed by atoms with Gasteiger partial charge in [-0.3, -0.25) is 14.5 Å². The molecule has 1 aromatic carbocycles. The molecular formula is C21H25ClN2O4. The first-order valence-electron chi connectivity index (χ1n) is 9.55. The van der Waals surface area contributed by atoms with Crippen LogP contribution in [0.3, 0.4) is 0 Å². The van der Waals surface area contributed by atoms with E-state index in [9.17, 15) is 9.59 Å². The van der Waals surface area contributed by atoms with Crippen molar-refractivity contribution in [2.75, 3.05) is 26.2 Å². The van der Waals surface area contributed by atoms with E-state index in [1.54, 1.807) is 6.92 Å². The van der Waals surface area contributed by atoms with Gasteiger partial charge < -0.3 is 14.5 Å². The van der Waals surface area contributed by atoms with Crippen molar-refractivity contribution in [2.24, 2.45) is 5.92 Å². The summed E-state index contributed by atoms with van der Waals surface area (Å²) in [5, 5.41) is 3.55. The molecule has 28 heavy (non-hydrogen) atoms. The topological polar surface area (TPSA) is 71.8 Å². The predicted octanol–water partition coefficient (Wildman–Crippen LogP) is 3.49. The second-order valence-corrected chi connectivity index (χ2v) is 7.31. The van der Waals surface area contributed by atoms with Gasteiger partial charge in [-0.1, -0.05) is 11.6 Å².